The summed E-state index contributed by atoms with van der Waals surface area (Å²) in [4.78, 5) is 20.8. The van der Waals surface area contributed by atoms with E-state index in [9.17, 15) is 4.79 Å². The Bertz CT molecular complexity index is 1340. The van der Waals surface area contributed by atoms with Gasteiger partial charge in [-0.05, 0) is 85.7 Å². The minimum absolute atomic E-state index is 0.377. The van der Waals surface area contributed by atoms with Crippen molar-refractivity contribution in [1.29, 1.82) is 0 Å². The molecule has 45 heavy (non-hydrogen) atoms. The zero-order valence-corrected chi connectivity index (χ0v) is 30.2. The Labute approximate surface area is 273 Å². The number of nitrogens with two attached hydrogens (primary N) is 1. The Morgan fingerprint density at radius 1 is 1.04 bits per heavy atom. The van der Waals surface area contributed by atoms with Crippen molar-refractivity contribution in [1.82, 2.24) is 9.80 Å². The van der Waals surface area contributed by atoms with E-state index in [-0.39, 0.29) is 5.82 Å². The summed E-state index contributed by atoms with van der Waals surface area (Å²) in [6.45, 7) is 25.9. The van der Waals surface area contributed by atoms with Gasteiger partial charge in [0.2, 0.25) is 0 Å². The molecule has 0 aliphatic carbocycles. The minimum atomic E-state index is -0.410. The Morgan fingerprint density at radius 2 is 1.69 bits per heavy atom. The molecule has 0 bridgehead atoms. The van der Waals surface area contributed by atoms with E-state index >= 15 is 4.39 Å². The first-order chi connectivity index (χ1) is 21.6. The number of aldehydes is 1. The summed E-state index contributed by atoms with van der Waals surface area (Å²) in [6.07, 6.45) is 7.05. The fourth-order valence-electron chi connectivity index (χ4n) is 4.79. The Hall–Kier alpha value is -3.28. The van der Waals surface area contributed by atoms with Crippen LogP contribution < -0.4 is 5.73 Å². The van der Waals surface area contributed by atoms with Crippen molar-refractivity contribution in [3.63, 3.8) is 0 Å². The first kappa shape index (κ1) is 39.7. The maximum atomic E-state index is 15.7. The lowest BCUT2D eigenvalue weighted by Crippen LogP contribution is -2.26. The van der Waals surface area contributed by atoms with Gasteiger partial charge in [0.05, 0.1) is 12.3 Å². The average molecular weight is 639 g/mol. The van der Waals surface area contributed by atoms with Gasteiger partial charge in [-0.3, -0.25) is 4.79 Å². The number of nitrogens with zero attached hydrogens (tertiary/aromatic N) is 3. The van der Waals surface area contributed by atoms with Crippen LogP contribution >= 0.6 is 8.15 Å². The highest BCUT2D eigenvalue weighted by Gasteiger charge is 2.20. The molecule has 0 aromatic heterocycles. The van der Waals surface area contributed by atoms with Crippen LogP contribution in [0.15, 0.2) is 58.9 Å². The number of benzene rings is 2. The predicted octanol–water partition coefficient (Wildman–Crippen LogP) is 9.73. The Morgan fingerprint density at radius 3 is 2.27 bits per heavy atom. The van der Waals surface area contributed by atoms with Crippen LogP contribution in [0.4, 0.5) is 10.1 Å². The van der Waals surface area contributed by atoms with Crippen molar-refractivity contribution >= 4 is 38.1 Å². The highest BCUT2D eigenvalue weighted by atomic mass is 31.1. The van der Waals surface area contributed by atoms with E-state index in [1.165, 1.54) is 6.07 Å². The number of likely N-dealkylation sites (N-methyl/N-ethyl adjacent to an activating group) is 1. The van der Waals surface area contributed by atoms with Gasteiger partial charge in [-0.25, -0.2) is 9.38 Å². The molecule has 2 N–H and O–H groups in total. The van der Waals surface area contributed by atoms with E-state index in [1.807, 2.05) is 72.0 Å². The monoisotopic (exact) mass is 638 g/mol. The van der Waals surface area contributed by atoms with Crippen LogP contribution in [0.2, 0.25) is 0 Å². The molecule has 0 unspecified atom stereocenters. The third kappa shape index (κ3) is 11.9. The standard InChI is InChI=1S/C33H44FN4O2P.2C2H6/c1-8-12-38(13-9-2)24(4)27-18-30-31(34)19-29(20-32(30)36-33(35)21-27)25-10-11-26(22-39)28(17-25)16-23(3)37(5)14-15-40-41(6)7;2*1-2/h10-11,16-20,22H,4,8-9,12-15,21H2,1-3,5-7H3,(H2,35,36);2*1-2H3/b23-16-;;. The fraction of sp³-hybridized carbons (Fsp3) is 0.459. The third-order valence-electron chi connectivity index (χ3n) is 7.09. The number of allylic oxidation sites excluding steroid dienone is 2. The number of carbonyl (C=O) groups excluding carboxylic acids is 1. The van der Waals surface area contributed by atoms with E-state index in [0.29, 0.717) is 41.2 Å². The summed E-state index contributed by atoms with van der Waals surface area (Å²) in [5, 5.41) is 0. The van der Waals surface area contributed by atoms with E-state index in [0.717, 1.165) is 66.9 Å². The highest BCUT2D eigenvalue weighted by Crippen LogP contribution is 2.36. The van der Waals surface area contributed by atoms with Crippen molar-refractivity contribution in [3.05, 3.63) is 76.4 Å². The van der Waals surface area contributed by atoms with Gasteiger partial charge in [-0.1, -0.05) is 60.3 Å². The van der Waals surface area contributed by atoms with E-state index < -0.39 is 8.15 Å². The summed E-state index contributed by atoms with van der Waals surface area (Å²) in [5.74, 6) is 0.0417. The number of halogens is 1. The number of carbonyl (C=O) groups is 1. The van der Waals surface area contributed by atoms with Gasteiger partial charge >= 0.3 is 0 Å². The van der Waals surface area contributed by atoms with Crippen LogP contribution in [0, 0.1) is 5.82 Å². The molecule has 0 amide bonds. The van der Waals surface area contributed by atoms with Crippen molar-refractivity contribution in [3.8, 4) is 11.1 Å². The van der Waals surface area contributed by atoms with Crippen LogP contribution in [0.5, 0.6) is 0 Å². The average Bonchev–Trinajstić information content (AvgIpc) is 3.20. The van der Waals surface area contributed by atoms with Crippen molar-refractivity contribution in [2.45, 2.75) is 67.7 Å². The van der Waals surface area contributed by atoms with Gasteiger partial charge < -0.3 is 20.1 Å². The molecule has 0 radical (unpaired) electrons. The number of rotatable bonds is 14. The highest BCUT2D eigenvalue weighted by molar-refractivity contribution is 7.50. The largest absolute Gasteiger partial charge is 0.387 e. The van der Waals surface area contributed by atoms with Crippen LogP contribution in [0.25, 0.3) is 23.3 Å². The zero-order valence-electron chi connectivity index (χ0n) is 29.3. The molecule has 0 fully saturated rings. The molecule has 1 aliphatic rings. The van der Waals surface area contributed by atoms with Gasteiger partial charge in [0.1, 0.15) is 11.7 Å². The summed E-state index contributed by atoms with van der Waals surface area (Å²) < 4.78 is 21.4. The molecular formula is C37H56FN4O2P. The summed E-state index contributed by atoms with van der Waals surface area (Å²) in [5.41, 5.74) is 12.7. The van der Waals surface area contributed by atoms with Crippen LogP contribution in [-0.2, 0) is 4.52 Å². The molecule has 0 atom stereocenters. The van der Waals surface area contributed by atoms with Crippen molar-refractivity contribution in [2.75, 3.05) is 46.6 Å². The zero-order chi connectivity index (χ0) is 34.1. The maximum absolute atomic E-state index is 15.7. The SMILES string of the molecule is C=C(C1=Cc2c(F)cc(-c3ccc(C=O)c(/C=C(/C)N(C)CCOP(C)C)c3)cc2N=C(N)C1)N(CCC)CCC.CC.CC. The number of hydrogen-bond donors (Lipinski definition) is 1. The molecule has 248 valence electrons. The number of fused-ring (bicyclic) bond motifs is 1. The third-order valence-corrected chi connectivity index (χ3v) is 7.79. The van der Waals surface area contributed by atoms with Gasteiger partial charge in [-0.2, -0.15) is 0 Å². The molecule has 0 saturated heterocycles. The van der Waals surface area contributed by atoms with E-state index in [4.69, 9.17) is 10.3 Å². The van der Waals surface area contributed by atoms with Crippen LogP contribution in [0.1, 0.15) is 89.2 Å². The van der Waals surface area contributed by atoms with Crippen LogP contribution in [0.3, 0.4) is 0 Å². The lowest BCUT2D eigenvalue weighted by Gasteiger charge is -2.27. The molecule has 6 nitrogen and oxygen atoms in total. The molecule has 2 aromatic rings. The Balaban J connectivity index is 0.00000243. The van der Waals surface area contributed by atoms with Crippen LogP contribution in [-0.4, -0.2) is 68.5 Å². The van der Waals surface area contributed by atoms with Gasteiger partial charge in [0, 0.05) is 63.8 Å². The topological polar surface area (TPSA) is 71.2 Å². The number of hydrogen-bond acceptors (Lipinski definition) is 6. The smallest absolute Gasteiger partial charge is 0.150 e. The minimum Gasteiger partial charge on any atom is -0.387 e. The van der Waals surface area contributed by atoms with Gasteiger partial charge in [0.25, 0.3) is 0 Å². The molecule has 0 saturated carbocycles. The lowest BCUT2D eigenvalue weighted by atomic mass is 9.96. The second-order valence-corrected chi connectivity index (χ2v) is 12.5. The summed E-state index contributed by atoms with van der Waals surface area (Å²) in [6, 6.07) is 8.90. The lowest BCUT2D eigenvalue weighted by molar-refractivity contribution is 0.112. The quantitative estimate of drug-likeness (QED) is 0.165. The second kappa shape index (κ2) is 20.7. The Kier molecular flexibility index (Phi) is 18.3. The van der Waals surface area contributed by atoms with Gasteiger partial charge in [-0.15, -0.1) is 0 Å². The van der Waals surface area contributed by atoms with Gasteiger partial charge in [0.15, 0.2) is 6.29 Å². The van der Waals surface area contributed by atoms with Crippen molar-refractivity contribution < 1.29 is 13.7 Å². The molecule has 0 spiro atoms. The molecule has 3 rings (SSSR count). The molecule has 2 aromatic carbocycles. The molecular weight excluding hydrogens is 582 g/mol. The predicted molar refractivity (Wildman–Crippen MR) is 196 cm³/mol. The summed E-state index contributed by atoms with van der Waals surface area (Å²) >= 11 is 0. The van der Waals surface area contributed by atoms with E-state index in [2.05, 4.69) is 48.5 Å². The fourth-order valence-corrected chi connectivity index (χ4v) is 5.24. The summed E-state index contributed by atoms with van der Waals surface area (Å²) in [7, 11) is 1.59. The number of amidine groups is 1. The van der Waals surface area contributed by atoms with Crippen molar-refractivity contribution in [2.24, 2.45) is 10.7 Å². The molecule has 1 aliphatic heterocycles. The second-order valence-electron chi connectivity index (χ2n) is 10.6. The molecule has 8 heteroatoms. The first-order valence-electron chi connectivity index (χ1n) is 16.2. The van der Waals surface area contributed by atoms with E-state index in [1.54, 1.807) is 6.07 Å². The first-order valence-corrected chi connectivity index (χ1v) is 18.3. The maximum Gasteiger partial charge on any atom is 0.150 e. The normalized spacial score (nSPS) is 12.4. The molecule has 1 heterocycles. The number of aliphatic imine (C=N–C) groups is 1.